The number of nitrogens with zero attached hydrogens (tertiary/aromatic N) is 1. The van der Waals surface area contributed by atoms with E-state index in [0.29, 0.717) is 18.0 Å². The second kappa shape index (κ2) is 7.49. The Kier molecular flexibility index (Phi) is 5.66. The maximum absolute atomic E-state index is 12.0. The van der Waals surface area contributed by atoms with Crippen molar-refractivity contribution in [1.29, 1.82) is 0 Å². The summed E-state index contributed by atoms with van der Waals surface area (Å²) in [6.45, 7) is 7.18. The van der Waals surface area contributed by atoms with Crippen molar-refractivity contribution in [2.75, 3.05) is 33.4 Å². The monoisotopic (exact) mass is 306 g/mol. The fourth-order valence-corrected chi connectivity index (χ4v) is 2.68. The molecule has 0 spiro atoms. The van der Waals surface area contributed by atoms with Gasteiger partial charge in [0.1, 0.15) is 0 Å². The van der Waals surface area contributed by atoms with Crippen molar-refractivity contribution in [1.82, 2.24) is 10.2 Å². The summed E-state index contributed by atoms with van der Waals surface area (Å²) < 4.78 is 10.7. The molecule has 1 heterocycles. The number of nitrogens with one attached hydrogen (secondary N) is 1. The predicted octanol–water partition coefficient (Wildman–Crippen LogP) is 2.06. The molecule has 0 aliphatic carbocycles. The molecule has 0 unspecified atom stereocenters. The quantitative estimate of drug-likeness (QED) is 0.838. The molecule has 0 radical (unpaired) electrons. The minimum atomic E-state index is -0.113. The number of likely N-dealkylation sites (tertiary alicyclic amines) is 1. The van der Waals surface area contributed by atoms with E-state index in [-0.39, 0.29) is 18.1 Å². The molecule has 1 aliphatic rings. The standard InChI is InChI=1S/C17H26N2O3/c1-17(2,19-10-6-7-11-19)13-18-16(20)12-22-15-9-5-4-8-14(15)21-3/h4-5,8-9H,6-7,10-13H2,1-3H3,(H,18,20). The third-order valence-corrected chi connectivity index (χ3v) is 4.11. The highest BCUT2D eigenvalue weighted by atomic mass is 16.5. The van der Waals surface area contributed by atoms with Gasteiger partial charge >= 0.3 is 0 Å². The van der Waals surface area contributed by atoms with E-state index < -0.39 is 0 Å². The van der Waals surface area contributed by atoms with Gasteiger partial charge in [-0.3, -0.25) is 9.69 Å². The molecule has 5 nitrogen and oxygen atoms in total. The maximum atomic E-state index is 12.0. The number of methoxy groups -OCH3 is 1. The Morgan fingerprint density at radius 2 is 1.86 bits per heavy atom. The first-order chi connectivity index (χ1) is 10.5. The molecule has 1 aliphatic heterocycles. The number of para-hydroxylation sites is 2. The van der Waals surface area contributed by atoms with E-state index in [1.807, 2.05) is 18.2 Å². The number of hydrogen-bond donors (Lipinski definition) is 1. The fourth-order valence-electron chi connectivity index (χ4n) is 2.68. The number of ether oxygens (including phenoxy) is 2. The van der Waals surface area contributed by atoms with Gasteiger partial charge in [-0.2, -0.15) is 0 Å². The molecular formula is C17H26N2O3. The van der Waals surface area contributed by atoms with Crippen LogP contribution in [-0.2, 0) is 4.79 Å². The molecule has 0 atom stereocenters. The molecule has 1 saturated heterocycles. The zero-order valence-corrected chi connectivity index (χ0v) is 13.7. The Morgan fingerprint density at radius 3 is 2.50 bits per heavy atom. The smallest absolute Gasteiger partial charge is 0.258 e. The molecule has 5 heteroatoms. The van der Waals surface area contributed by atoms with Gasteiger partial charge in [0.25, 0.3) is 5.91 Å². The van der Waals surface area contributed by atoms with Crippen molar-refractivity contribution >= 4 is 5.91 Å². The van der Waals surface area contributed by atoms with Crippen LogP contribution in [0.25, 0.3) is 0 Å². The van der Waals surface area contributed by atoms with Crippen molar-refractivity contribution in [3.05, 3.63) is 24.3 Å². The van der Waals surface area contributed by atoms with Gasteiger partial charge in [0, 0.05) is 12.1 Å². The van der Waals surface area contributed by atoms with Crippen LogP contribution in [0.15, 0.2) is 24.3 Å². The molecule has 1 fully saturated rings. The van der Waals surface area contributed by atoms with Gasteiger partial charge in [-0.1, -0.05) is 12.1 Å². The molecule has 1 aromatic rings. The van der Waals surface area contributed by atoms with Gasteiger partial charge in [-0.15, -0.1) is 0 Å². The summed E-state index contributed by atoms with van der Waals surface area (Å²) >= 11 is 0. The SMILES string of the molecule is COc1ccccc1OCC(=O)NCC(C)(C)N1CCCC1. The third kappa shape index (κ3) is 4.37. The summed E-state index contributed by atoms with van der Waals surface area (Å²) in [6, 6.07) is 7.32. The number of amides is 1. The van der Waals surface area contributed by atoms with Crippen molar-refractivity contribution in [3.63, 3.8) is 0 Å². The Hall–Kier alpha value is -1.75. The fraction of sp³-hybridized carbons (Fsp3) is 0.588. The van der Waals surface area contributed by atoms with E-state index >= 15 is 0 Å². The normalized spacial score (nSPS) is 15.6. The van der Waals surface area contributed by atoms with Crippen molar-refractivity contribution in [2.24, 2.45) is 0 Å². The molecule has 0 aromatic heterocycles. The summed E-state index contributed by atoms with van der Waals surface area (Å²) in [5, 5.41) is 2.96. The Balaban J connectivity index is 1.78. The summed E-state index contributed by atoms with van der Waals surface area (Å²) in [5.41, 5.74) is -0.0173. The number of carbonyl (C=O) groups is 1. The summed E-state index contributed by atoms with van der Waals surface area (Å²) in [7, 11) is 1.58. The lowest BCUT2D eigenvalue weighted by Crippen LogP contribution is -2.51. The van der Waals surface area contributed by atoms with Crippen LogP contribution in [0.1, 0.15) is 26.7 Å². The maximum Gasteiger partial charge on any atom is 0.258 e. The second-order valence-corrected chi connectivity index (χ2v) is 6.22. The van der Waals surface area contributed by atoms with E-state index in [2.05, 4.69) is 24.1 Å². The molecule has 1 N–H and O–H groups in total. The van der Waals surface area contributed by atoms with Crippen LogP contribution in [0.3, 0.4) is 0 Å². The van der Waals surface area contributed by atoms with E-state index in [4.69, 9.17) is 9.47 Å². The van der Waals surface area contributed by atoms with Gasteiger partial charge < -0.3 is 14.8 Å². The van der Waals surface area contributed by atoms with Gasteiger partial charge in [-0.25, -0.2) is 0 Å². The van der Waals surface area contributed by atoms with Crippen LogP contribution in [-0.4, -0.2) is 49.7 Å². The number of rotatable bonds is 7. The van der Waals surface area contributed by atoms with Gasteiger partial charge in [0.05, 0.1) is 7.11 Å². The Labute approximate surface area is 132 Å². The minimum absolute atomic E-state index is 0.00352. The molecule has 0 bridgehead atoms. The van der Waals surface area contributed by atoms with Crippen LogP contribution >= 0.6 is 0 Å². The molecule has 2 rings (SSSR count). The van der Waals surface area contributed by atoms with E-state index in [0.717, 1.165) is 13.1 Å². The van der Waals surface area contributed by atoms with Gasteiger partial charge in [0.15, 0.2) is 18.1 Å². The first-order valence-corrected chi connectivity index (χ1v) is 7.80. The molecule has 1 amide bonds. The molecule has 122 valence electrons. The highest BCUT2D eigenvalue weighted by Crippen LogP contribution is 2.25. The van der Waals surface area contributed by atoms with Crippen molar-refractivity contribution in [3.8, 4) is 11.5 Å². The first kappa shape index (κ1) is 16.6. The topological polar surface area (TPSA) is 50.8 Å². The Morgan fingerprint density at radius 1 is 1.23 bits per heavy atom. The highest BCUT2D eigenvalue weighted by Gasteiger charge is 2.29. The summed E-state index contributed by atoms with van der Waals surface area (Å²) in [6.07, 6.45) is 2.49. The largest absolute Gasteiger partial charge is 0.493 e. The summed E-state index contributed by atoms with van der Waals surface area (Å²) in [5.74, 6) is 1.10. The average Bonchev–Trinajstić information content (AvgIpc) is 3.06. The highest BCUT2D eigenvalue weighted by molar-refractivity contribution is 5.77. The zero-order valence-electron chi connectivity index (χ0n) is 13.7. The minimum Gasteiger partial charge on any atom is -0.493 e. The van der Waals surface area contributed by atoms with Gasteiger partial charge in [0.2, 0.25) is 0 Å². The lowest BCUT2D eigenvalue weighted by molar-refractivity contribution is -0.123. The van der Waals surface area contributed by atoms with E-state index in [9.17, 15) is 4.79 Å². The lowest BCUT2D eigenvalue weighted by atomic mass is 10.0. The molecule has 1 aromatic carbocycles. The molecular weight excluding hydrogens is 280 g/mol. The second-order valence-electron chi connectivity index (χ2n) is 6.22. The van der Waals surface area contributed by atoms with Crippen LogP contribution in [0.5, 0.6) is 11.5 Å². The average molecular weight is 306 g/mol. The number of benzene rings is 1. The lowest BCUT2D eigenvalue weighted by Gasteiger charge is -2.35. The van der Waals surface area contributed by atoms with Crippen LogP contribution in [0, 0.1) is 0 Å². The van der Waals surface area contributed by atoms with Gasteiger partial charge in [-0.05, 0) is 51.9 Å². The van der Waals surface area contributed by atoms with Crippen molar-refractivity contribution in [2.45, 2.75) is 32.2 Å². The van der Waals surface area contributed by atoms with Crippen LogP contribution in [0.4, 0.5) is 0 Å². The zero-order chi connectivity index (χ0) is 16.0. The van der Waals surface area contributed by atoms with Crippen molar-refractivity contribution < 1.29 is 14.3 Å². The third-order valence-electron chi connectivity index (χ3n) is 4.11. The van der Waals surface area contributed by atoms with E-state index in [1.54, 1.807) is 13.2 Å². The van der Waals surface area contributed by atoms with E-state index in [1.165, 1.54) is 12.8 Å². The first-order valence-electron chi connectivity index (χ1n) is 7.80. The molecule has 22 heavy (non-hydrogen) atoms. The van der Waals surface area contributed by atoms with Crippen LogP contribution in [0.2, 0.25) is 0 Å². The predicted molar refractivity (Wildman–Crippen MR) is 86.4 cm³/mol. The van der Waals surface area contributed by atoms with Crippen LogP contribution < -0.4 is 14.8 Å². The summed E-state index contributed by atoms with van der Waals surface area (Å²) in [4.78, 5) is 14.4. The Bertz CT molecular complexity index is 496. The number of hydrogen-bond acceptors (Lipinski definition) is 4. The number of carbonyl (C=O) groups excluding carboxylic acids is 1. The molecule has 0 saturated carbocycles.